The van der Waals surface area contributed by atoms with Crippen molar-refractivity contribution in [2.75, 3.05) is 0 Å². The van der Waals surface area contributed by atoms with E-state index in [9.17, 15) is 0 Å². The Hall–Kier alpha value is -1.13. The van der Waals surface area contributed by atoms with Gasteiger partial charge in [-0.3, -0.25) is 0 Å². The lowest BCUT2D eigenvalue weighted by Gasteiger charge is -2.23. The minimum atomic E-state index is -1.37. The van der Waals surface area contributed by atoms with Crippen LogP contribution >= 0.6 is 0 Å². The zero-order chi connectivity index (χ0) is 13.9. The second-order valence-corrected chi connectivity index (χ2v) is 13.4. The van der Waals surface area contributed by atoms with E-state index in [0.717, 1.165) is 0 Å². The van der Waals surface area contributed by atoms with Gasteiger partial charge in [-0.05, 0) is 6.04 Å². The van der Waals surface area contributed by atoms with E-state index >= 15 is 0 Å². The molecule has 0 bridgehead atoms. The Morgan fingerprint density at radius 3 is 2.21 bits per heavy atom. The largest absolute Gasteiger partial charge is 0.0849 e. The van der Waals surface area contributed by atoms with Crippen LogP contribution in [-0.2, 0) is 6.04 Å². The molecule has 99 valence electrons. The van der Waals surface area contributed by atoms with E-state index in [1.807, 2.05) is 0 Å². The van der Waals surface area contributed by atoms with Crippen LogP contribution in [0.25, 0.3) is 0 Å². The molecule has 0 atom stereocenters. The Morgan fingerprint density at radius 1 is 0.895 bits per heavy atom. The molecule has 0 unspecified atom stereocenters. The molecule has 0 aliphatic carbocycles. The zero-order valence-electron chi connectivity index (χ0n) is 12.4. The lowest BCUT2D eigenvalue weighted by atomic mass is 10.2. The first kappa shape index (κ1) is 14.3. The van der Waals surface area contributed by atoms with Crippen LogP contribution in [0.1, 0.15) is 5.56 Å². The summed E-state index contributed by atoms with van der Waals surface area (Å²) in [6.45, 7) is 9.67. The van der Waals surface area contributed by atoms with E-state index in [1.165, 1.54) is 11.6 Å². The van der Waals surface area contributed by atoms with E-state index in [0.29, 0.717) is 0 Å². The highest BCUT2D eigenvalue weighted by atomic mass is 28.3. The summed E-state index contributed by atoms with van der Waals surface area (Å²) in [5, 5.41) is 3.11. The van der Waals surface area contributed by atoms with Crippen molar-refractivity contribution < 1.29 is 0 Å². The molecule has 2 rings (SSSR count). The van der Waals surface area contributed by atoms with Crippen molar-refractivity contribution in [2.24, 2.45) is 0 Å². The first-order valence-corrected chi connectivity index (χ1v) is 12.6. The molecule has 0 fully saturated rings. The predicted octanol–water partition coefficient (Wildman–Crippen LogP) is 3.35. The molecule has 0 aliphatic heterocycles. The van der Waals surface area contributed by atoms with Gasteiger partial charge < -0.3 is 0 Å². The molecule has 0 N–H and O–H groups in total. The highest BCUT2D eigenvalue weighted by molar-refractivity contribution is 6.89. The van der Waals surface area contributed by atoms with Crippen LogP contribution in [0.5, 0.6) is 0 Å². The van der Waals surface area contributed by atoms with E-state index in [1.54, 1.807) is 10.4 Å². The van der Waals surface area contributed by atoms with Gasteiger partial charge in [0, 0.05) is 0 Å². The van der Waals surface area contributed by atoms with Crippen LogP contribution < -0.4 is 10.4 Å². The van der Waals surface area contributed by atoms with Gasteiger partial charge in [0.25, 0.3) is 0 Å². The van der Waals surface area contributed by atoms with Crippen LogP contribution in [0.3, 0.4) is 0 Å². The van der Waals surface area contributed by atoms with Crippen molar-refractivity contribution >= 4 is 27.2 Å². The van der Waals surface area contributed by atoms with Crippen molar-refractivity contribution in [3.8, 4) is 0 Å². The van der Waals surface area contributed by atoms with E-state index < -0.39 is 8.07 Å². The molecular weight excluding hydrogens is 260 g/mol. The van der Waals surface area contributed by atoms with Crippen molar-refractivity contribution in [3.63, 3.8) is 0 Å². The molecule has 0 aromatic heterocycles. The topological polar surface area (TPSA) is 0 Å². The first-order valence-electron chi connectivity index (χ1n) is 6.94. The summed E-state index contributed by atoms with van der Waals surface area (Å²) in [5.41, 5.74) is 1.52. The van der Waals surface area contributed by atoms with Crippen LogP contribution in [0.4, 0.5) is 0 Å². The van der Waals surface area contributed by atoms with Crippen molar-refractivity contribution in [3.05, 3.63) is 60.2 Å². The fourth-order valence-electron chi connectivity index (χ4n) is 2.49. The number of hydrogen-bond donors (Lipinski definition) is 0. The fraction of sp³-hybridized carbons (Fsp3) is 0.294. The lowest BCUT2D eigenvalue weighted by Crippen LogP contribution is -2.44. The highest BCUT2D eigenvalue weighted by Gasteiger charge is 2.23. The predicted molar refractivity (Wildman–Crippen MR) is 90.8 cm³/mol. The first-order chi connectivity index (χ1) is 8.99. The Morgan fingerprint density at radius 2 is 1.58 bits per heavy atom. The average molecular weight is 284 g/mol. The third kappa shape index (κ3) is 3.67. The maximum atomic E-state index is 2.47. The van der Waals surface area contributed by atoms with Gasteiger partial charge in [-0.1, -0.05) is 96.7 Å². The van der Waals surface area contributed by atoms with Gasteiger partial charge in [-0.2, -0.15) is 0 Å². The van der Waals surface area contributed by atoms with Crippen molar-refractivity contribution in [1.29, 1.82) is 0 Å². The summed E-state index contributed by atoms with van der Waals surface area (Å²) < 4.78 is 0. The fourth-order valence-corrected chi connectivity index (χ4v) is 5.94. The Bertz CT molecular complexity index is 530. The van der Waals surface area contributed by atoms with E-state index in [4.69, 9.17) is 0 Å². The van der Waals surface area contributed by atoms with Gasteiger partial charge >= 0.3 is 0 Å². The smallest absolute Gasteiger partial charge is 0.0671 e. The average Bonchev–Trinajstić information content (AvgIpc) is 2.39. The molecule has 0 heterocycles. The second kappa shape index (κ2) is 5.89. The highest BCUT2D eigenvalue weighted by Crippen LogP contribution is 2.12. The molecule has 2 aromatic carbocycles. The molecule has 1 radical (unpaired) electrons. The summed E-state index contributed by atoms with van der Waals surface area (Å²) in [6.07, 6.45) is 0. The Kier molecular flexibility index (Phi) is 4.43. The second-order valence-electron chi connectivity index (χ2n) is 6.13. The molecule has 0 saturated carbocycles. The zero-order valence-corrected chi connectivity index (χ0v) is 14.4. The van der Waals surface area contributed by atoms with Gasteiger partial charge in [-0.15, -0.1) is 0 Å². The van der Waals surface area contributed by atoms with Crippen LogP contribution in [0, 0.1) is 0 Å². The standard InChI is InChI=1S/C17H23Si2/c1-18(2)16-10-8-9-15(13-16)14-19(3,4)17-11-6-5-7-12-17/h5-13H,14H2,1-4H3. The van der Waals surface area contributed by atoms with Crippen LogP contribution in [0.2, 0.25) is 26.2 Å². The molecule has 19 heavy (non-hydrogen) atoms. The third-order valence-corrected chi connectivity index (χ3v) is 8.36. The molecule has 0 spiro atoms. The molecule has 0 nitrogen and oxygen atoms in total. The number of benzene rings is 2. The summed E-state index contributed by atoms with van der Waals surface area (Å²) in [5.74, 6) is 0. The Labute approximate surface area is 120 Å². The summed E-state index contributed by atoms with van der Waals surface area (Å²) in [4.78, 5) is 0. The third-order valence-electron chi connectivity index (χ3n) is 3.71. The van der Waals surface area contributed by atoms with Crippen LogP contribution in [0.15, 0.2) is 54.6 Å². The minimum Gasteiger partial charge on any atom is -0.0671 e. The monoisotopic (exact) mass is 283 g/mol. The van der Waals surface area contributed by atoms with Crippen molar-refractivity contribution in [1.82, 2.24) is 0 Å². The normalized spacial score (nSPS) is 11.8. The SMILES string of the molecule is C[Si](C)c1cccc(C[Si](C)(C)c2ccccc2)c1. The van der Waals surface area contributed by atoms with Crippen LogP contribution in [-0.4, -0.2) is 16.9 Å². The van der Waals surface area contributed by atoms with E-state index in [2.05, 4.69) is 80.8 Å². The van der Waals surface area contributed by atoms with Crippen molar-refractivity contribution in [2.45, 2.75) is 32.2 Å². The number of hydrogen-bond acceptors (Lipinski definition) is 0. The molecular formula is C17H23Si2. The van der Waals surface area contributed by atoms with Gasteiger partial charge in [0.2, 0.25) is 0 Å². The lowest BCUT2D eigenvalue weighted by molar-refractivity contribution is 1.33. The maximum absolute atomic E-state index is 2.47. The number of rotatable bonds is 4. The summed E-state index contributed by atoms with van der Waals surface area (Å²) >= 11 is 0. The summed E-state index contributed by atoms with van der Waals surface area (Å²) in [6, 6.07) is 21.5. The minimum absolute atomic E-state index is 0.338. The summed E-state index contributed by atoms with van der Waals surface area (Å²) in [7, 11) is -1.70. The van der Waals surface area contributed by atoms with Gasteiger partial charge in [-0.25, -0.2) is 0 Å². The molecule has 2 heteroatoms. The van der Waals surface area contributed by atoms with Gasteiger partial charge in [0.05, 0.1) is 16.9 Å². The molecule has 0 amide bonds. The molecule has 0 saturated heterocycles. The molecule has 0 aliphatic rings. The van der Waals surface area contributed by atoms with E-state index in [-0.39, 0.29) is 8.80 Å². The van der Waals surface area contributed by atoms with Gasteiger partial charge in [0.1, 0.15) is 0 Å². The maximum Gasteiger partial charge on any atom is 0.0849 e. The molecule has 2 aromatic rings. The quantitative estimate of drug-likeness (QED) is 0.755. The Balaban J connectivity index is 2.23. The van der Waals surface area contributed by atoms with Gasteiger partial charge in [0.15, 0.2) is 0 Å².